The molecule has 1 saturated heterocycles. The average molecular weight is 409 g/mol. The second kappa shape index (κ2) is 9.28. The normalized spacial score (nSPS) is 15.5. The fraction of sp³-hybridized carbons (Fsp3) is 0.391. The van der Waals surface area contributed by atoms with Crippen molar-refractivity contribution >= 4 is 17.1 Å². The molecular weight excluding hydrogens is 382 g/mol. The molecule has 2 heterocycles. The molecule has 1 aromatic heterocycles. The lowest BCUT2D eigenvalue weighted by molar-refractivity contribution is -0.143. The van der Waals surface area contributed by atoms with Gasteiger partial charge in [0.05, 0.1) is 18.5 Å². The van der Waals surface area contributed by atoms with Gasteiger partial charge in [-0.1, -0.05) is 36.4 Å². The van der Waals surface area contributed by atoms with E-state index in [0.29, 0.717) is 18.7 Å². The number of carbonyl (C=O) groups excluding carboxylic acids is 1. The lowest BCUT2D eigenvalue weighted by Crippen LogP contribution is -2.45. The minimum absolute atomic E-state index is 0.220. The summed E-state index contributed by atoms with van der Waals surface area (Å²) in [5.74, 6) is -0.614. The number of oxazole rings is 1. The number of hydrogen-bond acceptors (Lipinski definition) is 6. The minimum atomic E-state index is -0.384. The lowest BCUT2D eigenvalue weighted by Gasteiger charge is -2.32. The molecule has 0 aliphatic carbocycles. The molecule has 0 atom stereocenters. The van der Waals surface area contributed by atoms with Gasteiger partial charge in [-0.15, -0.1) is 0 Å². The number of aromatic nitrogens is 1. The maximum Gasteiger partial charge on any atom is 0.420 e. The van der Waals surface area contributed by atoms with Crippen LogP contribution in [0.4, 0.5) is 0 Å². The van der Waals surface area contributed by atoms with Gasteiger partial charge in [0, 0.05) is 32.7 Å². The summed E-state index contributed by atoms with van der Waals surface area (Å²) in [5.41, 5.74) is 3.14. The van der Waals surface area contributed by atoms with E-state index < -0.39 is 0 Å². The van der Waals surface area contributed by atoms with Crippen molar-refractivity contribution in [3.05, 3.63) is 70.2 Å². The standard InChI is InChI=1S/C23H27N3O4/c1-24-9-11-25(12-10-24)13-14-29-22(27)16-18-5-4-6-19(15-18)17-26-20-7-2-3-8-21(20)30-23(26)28/h2-8,15H,9-14,16-17H2,1H3. The molecular formula is C23H27N3O4. The summed E-state index contributed by atoms with van der Waals surface area (Å²) in [6.45, 7) is 5.71. The van der Waals surface area contributed by atoms with Gasteiger partial charge in [-0.05, 0) is 30.3 Å². The summed E-state index contributed by atoms with van der Waals surface area (Å²) in [4.78, 5) is 29.1. The topological polar surface area (TPSA) is 67.9 Å². The van der Waals surface area contributed by atoms with Gasteiger partial charge in [-0.3, -0.25) is 14.3 Å². The van der Waals surface area contributed by atoms with Crippen LogP contribution in [0.3, 0.4) is 0 Å². The second-order valence-electron chi connectivity index (χ2n) is 7.78. The Balaban J connectivity index is 1.32. The van der Waals surface area contributed by atoms with Crippen LogP contribution in [0.2, 0.25) is 0 Å². The number of rotatable bonds is 7. The van der Waals surface area contributed by atoms with E-state index in [1.165, 1.54) is 0 Å². The van der Waals surface area contributed by atoms with Crippen LogP contribution in [0, 0.1) is 0 Å². The first-order valence-corrected chi connectivity index (χ1v) is 10.3. The van der Waals surface area contributed by atoms with Crippen molar-refractivity contribution < 1.29 is 13.9 Å². The molecule has 1 aliphatic heterocycles. The highest BCUT2D eigenvalue weighted by atomic mass is 16.5. The van der Waals surface area contributed by atoms with Crippen LogP contribution in [-0.4, -0.2) is 66.7 Å². The molecule has 0 unspecified atom stereocenters. The van der Waals surface area contributed by atoms with Crippen LogP contribution in [0.15, 0.2) is 57.7 Å². The molecule has 0 radical (unpaired) electrons. The zero-order chi connectivity index (χ0) is 20.9. The first-order valence-electron chi connectivity index (χ1n) is 10.3. The first kappa shape index (κ1) is 20.4. The van der Waals surface area contributed by atoms with Crippen molar-refractivity contribution in [1.29, 1.82) is 0 Å². The van der Waals surface area contributed by atoms with E-state index in [4.69, 9.17) is 9.15 Å². The number of piperazine rings is 1. The Hall–Kier alpha value is -2.90. The van der Waals surface area contributed by atoms with Gasteiger partial charge < -0.3 is 14.1 Å². The van der Waals surface area contributed by atoms with Gasteiger partial charge in [-0.25, -0.2) is 4.79 Å². The van der Waals surface area contributed by atoms with Gasteiger partial charge >= 0.3 is 11.7 Å². The van der Waals surface area contributed by atoms with Crippen molar-refractivity contribution in [2.75, 3.05) is 46.4 Å². The predicted molar refractivity (Wildman–Crippen MR) is 115 cm³/mol. The third-order valence-electron chi connectivity index (χ3n) is 5.52. The largest absolute Gasteiger partial charge is 0.464 e. The Morgan fingerprint density at radius 1 is 1.03 bits per heavy atom. The monoisotopic (exact) mass is 409 g/mol. The summed E-state index contributed by atoms with van der Waals surface area (Å²) < 4.78 is 12.3. The summed E-state index contributed by atoms with van der Waals surface area (Å²) in [6, 6.07) is 15.0. The van der Waals surface area contributed by atoms with Crippen LogP contribution in [0.25, 0.3) is 11.1 Å². The van der Waals surface area contributed by atoms with E-state index in [1.807, 2.05) is 42.5 Å². The van der Waals surface area contributed by atoms with E-state index in [-0.39, 0.29) is 18.1 Å². The molecule has 0 spiro atoms. The third-order valence-corrected chi connectivity index (χ3v) is 5.52. The maximum absolute atomic E-state index is 12.2. The van der Waals surface area contributed by atoms with Gasteiger partial charge in [-0.2, -0.15) is 0 Å². The quantitative estimate of drug-likeness (QED) is 0.556. The first-order chi connectivity index (χ1) is 14.6. The Morgan fingerprint density at radius 3 is 2.63 bits per heavy atom. The summed E-state index contributed by atoms with van der Waals surface area (Å²) in [7, 11) is 2.12. The van der Waals surface area contributed by atoms with Crippen molar-refractivity contribution in [3.63, 3.8) is 0 Å². The Morgan fingerprint density at radius 2 is 1.80 bits per heavy atom. The van der Waals surface area contributed by atoms with Crippen molar-refractivity contribution in [2.24, 2.45) is 0 Å². The number of likely N-dealkylation sites (N-methyl/N-ethyl adjacent to an activating group) is 1. The number of para-hydroxylation sites is 2. The molecule has 0 N–H and O–H groups in total. The molecule has 158 valence electrons. The maximum atomic E-state index is 12.2. The van der Waals surface area contributed by atoms with Gasteiger partial charge in [0.2, 0.25) is 0 Å². The molecule has 1 fully saturated rings. The van der Waals surface area contributed by atoms with Crippen LogP contribution in [0.1, 0.15) is 11.1 Å². The highest BCUT2D eigenvalue weighted by Gasteiger charge is 2.14. The average Bonchev–Trinajstić information content (AvgIpc) is 3.05. The van der Waals surface area contributed by atoms with Crippen molar-refractivity contribution in [2.45, 2.75) is 13.0 Å². The molecule has 0 amide bonds. The number of nitrogens with zero attached hydrogens (tertiary/aromatic N) is 3. The molecule has 2 aromatic carbocycles. The van der Waals surface area contributed by atoms with Gasteiger partial charge in [0.15, 0.2) is 5.58 Å². The fourth-order valence-corrected chi connectivity index (χ4v) is 3.76. The molecule has 7 nitrogen and oxygen atoms in total. The van der Waals surface area contributed by atoms with E-state index in [1.54, 1.807) is 10.6 Å². The highest BCUT2D eigenvalue weighted by molar-refractivity contribution is 5.73. The second-order valence-corrected chi connectivity index (χ2v) is 7.78. The van der Waals surface area contributed by atoms with E-state index in [2.05, 4.69) is 16.8 Å². The van der Waals surface area contributed by atoms with E-state index >= 15 is 0 Å². The Bertz CT molecular complexity index is 1060. The van der Waals surface area contributed by atoms with Crippen molar-refractivity contribution in [3.8, 4) is 0 Å². The number of carbonyl (C=O) groups is 1. The molecule has 30 heavy (non-hydrogen) atoms. The minimum Gasteiger partial charge on any atom is -0.464 e. The van der Waals surface area contributed by atoms with E-state index in [9.17, 15) is 9.59 Å². The fourth-order valence-electron chi connectivity index (χ4n) is 3.76. The zero-order valence-electron chi connectivity index (χ0n) is 17.3. The molecule has 0 bridgehead atoms. The SMILES string of the molecule is CN1CCN(CCOC(=O)Cc2cccc(Cn3c(=O)oc4ccccc43)c2)CC1. The molecule has 1 aliphatic rings. The Kier molecular flexibility index (Phi) is 6.30. The number of fused-ring (bicyclic) bond motifs is 1. The van der Waals surface area contributed by atoms with Crippen LogP contribution in [-0.2, 0) is 22.5 Å². The number of hydrogen-bond donors (Lipinski definition) is 0. The Labute approximate surface area is 175 Å². The van der Waals surface area contributed by atoms with Gasteiger partial charge in [0.1, 0.15) is 6.61 Å². The van der Waals surface area contributed by atoms with E-state index in [0.717, 1.165) is 49.4 Å². The lowest BCUT2D eigenvalue weighted by atomic mass is 10.1. The summed E-state index contributed by atoms with van der Waals surface area (Å²) >= 11 is 0. The molecule has 4 rings (SSSR count). The summed E-state index contributed by atoms with van der Waals surface area (Å²) in [5, 5.41) is 0. The van der Waals surface area contributed by atoms with Crippen LogP contribution < -0.4 is 5.76 Å². The molecule has 0 saturated carbocycles. The molecule has 7 heteroatoms. The van der Waals surface area contributed by atoms with Gasteiger partial charge in [0.25, 0.3) is 0 Å². The number of esters is 1. The zero-order valence-corrected chi connectivity index (χ0v) is 17.3. The third kappa shape index (κ3) is 4.98. The van der Waals surface area contributed by atoms with Crippen LogP contribution in [0.5, 0.6) is 0 Å². The van der Waals surface area contributed by atoms with Crippen LogP contribution >= 0.6 is 0 Å². The summed E-state index contributed by atoms with van der Waals surface area (Å²) in [6.07, 6.45) is 0.220. The smallest absolute Gasteiger partial charge is 0.420 e. The number of benzene rings is 2. The van der Waals surface area contributed by atoms with Crippen molar-refractivity contribution in [1.82, 2.24) is 14.4 Å². The predicted octanol–water partition coefficient (Wildman–Crippen LogP) is 1.98. The highest BCUT2D eigenvalue weighted by Crippen LogP contribution is 2.15. The number of ether oxygens (including phenoxy) is 1. The molecule has 3 aromatic rings.